The maximum Gasteiger partial charge on any atom is 0.243 e. The van der Waals surface area contributed by atoms with Crippen LogP contribution >= 0.6 is 0 Å². The number of anilines is 1. The van der Waals surface area contributed by atoms with Gasteiger partial charge in [0.05, 0.1) is 10.6 Å². The highest BCUT2D eigenvalue weighted by Crippen LogP contribution is 2.31. The summed E-state index contributed by atoms with van der Waals surface area (Å²) in [5, 5.41) is 9.39. The van der Waals surface area contributed by atoms with Crippen molar-refractivity contribution < 1.29 is 13.5 Å². The van der Waals surface area contributed by atoms with Gasteiger partial charge in [-0.2, -0.15) is 4.31 Å². The summed E-state index contributed by atoms with van der Waals surface area (Å²) in [5.74, 6) is -0.0984. The van der Waals surface area contributed by atoms with Crippen LogP contribution in [0.15, 0.2) is 23.1 Å². The quantitative estimate of drug-likeness (QED) is 0.642. The molecule has 2 unspecified atom stereocenters. The third kappa shape index (κ3) is 2.55. The van der Waals surface area contributed by atoms with Gasteiger partial charge in [0.15, 0.2) is 0 Å². The summed E-state index contributed by atoms with van der Waals surface area (Å²) < 4.78 is 26.9. The number of nitrogens with zero attached hydrogens (tertiary/aromatic N) is 1. The molecule has 0 spiro atoms. The SMILES string of the molecule is CC1CCCC(C)N1S(=O)(=O)c1ccc(O)c(N)c1. The number of phenols is 1. The fraction of sp³-hybridized carbons (Fsp3) is 0.538. The van der Waals surface area contributed by atoms with Crippen molar-refractivity contribution in [3.8, 4) is 5.75 Å². The van der Waals surface area contributed by atoms with E-state index in [4.69, 9.17) is 5.73 Å². The summed E-state index contributed by atoms with van der Waals surface area (Å²) in [6, 6.07) is 4.02. The lowest BCUT2D eigenvalue weighted by Crippen LogP contribution is -2.47. The van der Waals surface area contributed by atoms with E-state index < -0.39 is 10.0 Å². The fourth-order valence-electron chi connectivity index (χ4n) is 2.69. The molecule has 6 heteroatoms. The molecule has 0 saturated carbocycles. The summed E-state index contributed by atoms with van der Waals surface area (Å²) in [5.41, 5.74) is 5.67. The second kappa shape index (κ2) is 5.02. The molecule has 1 saturated heterocycles. The molecular weight excluding hydrogens is 264 g/mol. The van der Waals surface area contributed by atoms with Crippen molar-refractivity contribution in [2.75, 3.05) is 5.73 Å². The Morgan fingerprint density at radius 3 is 2.37 bits per heavy atom. The van der Waals surface area contributed by atoms with Crippen LogP contribution in [0.2, 0.25) is 0 Å². The molecule has 106 valence electrons. The molecule has 19 heavy (non-hydrogen) atoms. The third-order valence-electron chi connectivity index (χ3n) is 3.69. The number of piperidine rings is 1. The predicted molar refractivity (Wildman–Crippen MR) is 74.3 cm³/mol. The van der Waals surface area contributed by atoms with Gasteiger partial charge < -0.3 is 10.8 Å². The molecule has 1 aliphatic heterocycles. The lowest BCUT2D eigenvalue weighted by atomic mass is 10.0. The predicted octanol–water partition coefficient (Wildman–Crippen LogP) is 1.93. The summed E-state index contributed by atoms with van der Waals surface area (Å²) in [7, 11) is -3.56. The zero-order valence-corrected chi connectivity index (χ0v) is 12.0. The van der Waals surface area contributed by atoms with E-state index in [1.54, 1.807) is 4.31 Å². The second-order valence-electron chi connectivity index (χ2n) is 5.18. The van der Waals surface area contributed by atoms with Crippen LogP contribution in [0.3, 0.4) is 0 Å². The highest BCUT2D eigenvalue weighted by atomic mass is 32.2. The summed E-state index contributed by atoms with van der Waals surface area (Å²) >= 11 is 0. The van der Waals surface area contributed by atoms with E-state index >= 15 is 0 Å². The van der Waals surface area contributed by atoms with Crippen molar-refractivity contribution >= 4 is 15.7 Å². The minimum Gasteiger partial charge on any atom is -0.506 e. The molecule has 0 radical (unpaired) electrons. The molecule has 1 aromatic carbocycles. The van der Waals surface area contributed by atoms with Gasteiger partial charge in [-0.3, -0.25) is 0 Å². The van der Waals surface area contributed by atoms with Crippen LogP contribution in [0, 0.1) is 0 Å². The molecule has 0 amide bonds. The molecule has 1 fully saturated rings. The lowest BCUT2D eigenvalue weighted by molar-refractivity contribution is 0.204. The number of hydrogen-bond acceptors (Lipinski definition) is 4. The third-order valence-corrected chi connectivity index (χ3v) is 5.81. The maximum atomic E-state index is 12.7. The van der Waals surface area contributed by atoms with Crippen molar-refractivity contribution in [2.24, 2.45) is 0 Å². The van der Waals surface area contributed by atoms with Crippen LogP contribution in [0.1, 0.15) is 33.1 Å². The molecule has 1 heterocycles. The van der Waals surface area contributed by atoms with Crippen molar-refractivity contribution in [3.05, 3.63) is 18.2 Å². The minimum atomic E-state index is -3.56. The first-order valence-electron chi connectivity index (χ1n) is 6.46. The molecular formula is C13H20N2O3S. The Kier molecular flexibility index (Phi) is 3.73. The first kappa shape index (κ1) is 14.1. The number of hydrogen-bond donors (Lipinski definition) is 2. The Labute approximate surface area is 114 Å². The number of nitrogen functional groups attached to an aromatic ring is 1. The summed E-state index contributed by atoms with van der Waals surface area (Å²) in [4.78, 5) is 0.142. The van der Waals surface area contributed by atoms with Gasteiger partial charge in [0.2, 0.25) is 10.0 Å². The van der Waals surface area contributed by atoms with Crippen LogP contribution in [0.25, 0.3) is 0 Å². The summed E-state index contributed by atoms with van der Waals surface area (Å²) in [6.07, 6.45) is 2.79. The molecule has 1 aliphatic rings. The van der Waals surface area contributed by atoms with E-state index in [0.29, 0.717) is 0 Å². The molecule has 1 aromatic rings. The monoisotopic (exact) mass is 284 g/mol. The van der Waals surface area contributed by atoms with Gasteiger partial charge in [-0.1, -0.05) is 6.42 Å². The number of aromatic hydroxyl groups is 1. The standard InChI is InChI=1S/C13H20N2O3S/c1-9-4-3-5-10(2)15(9)19(17,18)11-6-7-13(16)12(14)8-11/h6-10,16H,3-5,14H2,1-2H3. The highest BCUT2D eigenvalue weighted by molar-refractivity contribution is 7.89. The topological polar surface area (TPSA) is 83.6 Å². The van der Waals surface area contributed by atoms with E-state index in [9.17, 15) is 13.5 Å². The Bertz CT molecular complexity index is 561. The first-order chi connectivity index (χ1) is 8.84. The number of rotatable bonds is 2. The van der Waals surface area contributed by atoms with Gasteiger partial charge in [-0.15, -0.1) is 0 Å². The Balaban J connectivity index is 2.43. The number of benzene rings is 1. The van der Waals surface area contributed by atoms with Crippen molar-refractivity contribution in [1.29, 1.82) is 0 Å². The van der Waals surface area contributed by atoms with Gasteiger partial charge in [0.1, 0.15) is 5.75 Å². The molecule has 0 bridgehead atoms. The van der Waals surface area contributed by atoms with Crippen molar-refractivity contribution in [2.45, 2.75) is 50.1 Å². The molecule has 2 rings (SSSR count). The largest absolute Gasteiger partial charge is 0.506 e. The van der Waals surface area contributed by atoms with Crippen molar-refractivity contribution in [1.82, 2.24) is 4.31 Å². The molecule has 5 nitrogen and oxygen atoms in total. The van der Waals surface area contributed by atoms with Gasteiger partial charge in [-0.05, 0) is 44.9 Å². The van der Waals surface area contributed by atoms with Crippen LogP contribution in [-0.4, -0.2) is 29.9 Å². The van der Waals surface area contributed by atoms with Gasteiger partial charge in [0.25, 0.3) is 0 Å². The zero-order valence-electron chi connectivity index (χ0n) is 11.2. The van der Waals surface area contributed by atoms with E-state index in [0.717, 1.165) is 19.3 Å². The fourth-order valence-corrected chi connectivity index (χ4v) is 4.60. The van der Waals surface area contributed by atoms with E-state index in [2.05, 4.69) is 0 Å². The normalized spacial score (nSPS) is 25.4. The van der Waals surface area contributed by atoms with Crippen LogP contribution < -0.4 is 5.73 Å². The molecule has 0 aliphatic carbocycles. The van der Waals surface area contributed by atoms with Gasteiger partial charge >= 0.3 is 0 Å². The molecule has 3 N–H and O–H groups in total. The molecule has 0 aromatic heterocycles. The van der Waals surface area contributed by atoms with Crippen LogP contribution in [-0.2, 0) is 10.0 Å². The molecule has 2 atom stereocenters. The van der Waals surface area contributed by atoms with Crippen LogP contribution in [0.4, 0.5) is 5.69 Å². The second-order valence-corrected chi connectivity index (χ2v) is 7.03. The van der Waals surface area contributed by atoms with Crippen molar-refractivity contribution in [3.63, 3.8) is 0 Å². The Hall–Kier alpha value is -1.27. The average Bonchev–Trinajstić information content (AvgIpc) is 2.32. The average molecular weight is 284 g/mol. The van der Waals surface area contributed by atoms with E-state index in [1.165, 1.54) is 18.2 Å². The number of nitrogens with two attached hydrogens (primary N) is 1. The highest BCUT2D eigenvalue weighted by Gasteiger charge is 2.35. The number of phenolic OH excluding ortho intramolecular Hbond substituents is 1. The Morgan fingerprint density at radius 1 is 1.26 bits per heavy atom. The maximum absolute atomic E-state index is 12.7. The Morgan fingerprint density at radius 2 is 1.84 bits per heavy atom. The first-order valence-corrected chi connectivity index (χ1v) is 7.90. The van der Waals surface area contributed by atoms with E-state index in [1.807, 2.05) is 13.8 Å². The smallest absolute Gasteiger partial charge is 0.243 e. The van der Waals surface area contributed by atoms with Gasteiger partial charge in [0, 0.05) is 12.1 Å². The van der Waals surface area contributed by atoms with Gasteiger partial charge in [-0.25, -0.2) is 8.42 Å². The minimum absolute atomic E-state index is 0.0104. The number of sulfonamides is 1. The zero-order chi connectivity index (χ0) is 14.2. The summed E-state index contributed by atoms with van der Waals surface area (Å²) in [6.45, 7) is 3.86. The van der Waals surface area contributed by atoms with E-state index in [-0.39, 0.29) is 28.4 Å². The lowest BCUT2D eigenvalue weighted by Gasteiger charge is -2.37. The van der Waals surface area contributed by atoms with Crippen LogP contribution in [0.5, 0.6) is 5.75 Å².